The molecule has 0 atom stereocenters. The maximum atomic E-state index is 12.4. The fraction of sp³-hybridized carbons (Fsp3) is 0.250. The average Bonchev–Trinajstić information content (AvgIpc) is 2.85. The van der Waals surface area contributed by atoms with Gasteiger partial charge in [0.15, 0.2) is 0 Å². The van der Waals surface area contributed by atoms with Gasteiger partial charge in [-0.25, -0.2) is 9.79 Å². The van der Waals surface area contributed by atoms with Crippen LogP contribution in [0.3, 0.4) is 0 Å². The Labute approximate surface area is 134 Å². The van der Waals surface area contributed by atoms with Crippen molar-refractivity contribution in [2.75, 3.05) is 21.2 Å². The van der Waals surface area contributed by atoms with E-state index >= 15 is 0 Å². The van der Waals surface area contributed by atoms with Crippen molar-refractivity contribution in [1.82, 2.24) is 9.91 Å². The summed E-state index contributed by atoms with van der Waals surface area (Å²) < 4.78 is 4.54. The number of esters is 1. The lowest BCUT2D eigenvalue weighted by molar-refractivity contribution is -0.135. The first-order valence-electron chi connectivity index (χ1n) is 6.94. The van der Waals surface area contributed by atoms with Crippen molar-refractivity contribution in [3.8, 4) is 0 Å². The highest BCUT2D eigenvalue weighted by atomic mass is 16.5. The molecule has 7 heteroatoms. The first kappa shape index (κ1) is 16.4. The summed E-state index contributed by atoms with van der Waals surface area (Å²) in [5.41, 5.74) is 1.54. The number of hydrazone groups is 1. The van der Waals surface area contributed by atoms with Crippen molar-refractivity contribution in [2.24, 2.45) is 10.1 Å². The number of carbonyl (C=O) groups excluding carboxylic acids is 2. The number of guanidine groups is 1. The molecule has 7 nitrogen and oxygen atoms in total. The standard InChI is InChI=1S/C16H18N4O3/c1-11(12-8-6-5-7-9-12)18-20-15(22)13(10-14(21)23-4)17-16(20)19(2)3/h5-10H,1-4H3/b13-10-,18-11+. The summed E-state index contributed by atoms with van der Waals surface area (Å²) in [6.07, 6.45) is 1.05. The third kappa shape index (κ3) is 3.63. The van der Waals surface area contributed by atoms with Crippen LogP contribution in [0.4, 0.5) is 0 Å². The second-order valence-corrected chi connectivity index (χ2v) is 5.03. The van der Waals surface area contributed by atoms with Crippen molar-refractivity contribution in [2.45, 2.75) is 6.92 Å². The Morgan fingerprint density at radius 1 is 1.30 bits per heavy atom. The predicted molar refractivity (Wildman–Crippen MR) is 86.7 cm³/mol. The fourth-order valence-electron chi connectivity index (χ4n) is 1.93. The third-order valence-electron chi connectivity index (χ3n) is 3.12. The van der Waals surface area contributed by atoms with E-state index in [2.05, 4.69) is 14.8 Å². The summed E-state index contributed by atoms with van der Waals surface area (Å²) in [5, 5.41) is 5.53. The van der Waals surface area contributed by atoms with Crippen LogP contribution in [-0.4, -0.2) is 54.7 Å². The second kappa shape index (κ2) is 6.87. The molecular formula is C16H18N4O3. The molecule has 0 saturated heterocycles. The number of rotatable bonds is 3. The fourth-order valence-corrected chi connectivity index (χ4v) is 1.93. The van der Waals surface area contributed by atoms with E-state index in [4.69, 9.17) is 0 Å². The summed E-state index contributed by atoms with van der Waals surface area (Å²) in [6.45, 7) is 1.80. The first-order chi connectivity index (χ1) is 10.9. The van der Waals surface area contributed by atoms with Crippen LogP contribution in [0.2, 0.25) is 0 Å². The van der Waals surface area contributed by atoms with Gasteiger partial charge >= 0.3 is 5.97 Å². The van der Waals surface area contributed by atoms with E-state index in [-0.39, 0.29) is 5.70 Å². The van der Waals surface area contributed by atoms with E-state index in [0.29, 0.717) is 11.7 Å². The van der Waals surface area contributed by atoms with Gasteiger partial charge in [-0.2, -0.15) is 10.1 Å². The van der Waals surface area contributed by atoms with Crippen LogP contribution in [0.1, 0.15) is 12.5 Å². The molecule has 2 rings (SSSR count). The second-order valence-electron chi connectivity index (χ2n) is 5.03. The van der Waals surface area contributed by atoms with Crippen molar-refractivity contribution >= 4 is 23.5 Å². The smallest absolute Gasteiger partial charge is 0.332 e. The van der Waals surface area contributed by atoms with Crippen molar-refractivity contribution in [3.05, 3.63) is 47.7 Å². The van der Waals surface area contributed by atoms with Crippen molar-refractivity contribution in [1.29, 1.82) is 0 Å². The number of benzene rings is 1. The molecule has 0 radical (unpaired) electrons. The van der Waals surface area contributed by atoms with Gasteiger partial charge in [-0.1, -0.05) is 30.3 Å². The SMILES string of the molecule is COC(=O)/C=C1\N=C(N(C)C)N(/N=C(\C)c2ccccc2)C1=O. The van der Waals surface area contributed by atoms with Crippen LogP contribution in [0, 0.1) is 0 Å². The van der Waals surface area contributed by atoms with Gasteiger partial charge in [-0.15, -0.1) is 0 Å². The van der Waals surface area contributed by atoms with E-state index in [0.717, 1.165) is 11.6 Å². The number of amides is 1. The quantitative estimate of drug-likeness (QED) is 0.478. The Balaban J connectivity index is 2.38. The molecule has 1 aliphatic rings. The highest BCUT2D eigenvalue weighted by Crippen LogP contribution is 2.17. The lowest BCUT2D eigenvalue weighted by atomic mass is 10.1. The summed E-state index contributed by atoms with van der Waals surface area (Å²) in [6, 6.07) is 9.49. The van der Waals surface area contributed by atoms with Gasteiger partial charge in [0.25, 0.3) is 5.91 Å². The minimum absolute atomic E-state index is 0.00911. The van der Waals surface area contributed by atoms with Gasteiger partial charge in [-0.05, 0) is 12.5 Å². The van der Waals surface area contributed by atoms with Crippen LogP contribution in [0.25, 0.3) is 0 Å². The molecule has 0 aromatic heterocycles. The zero-order chi connectivity index (χ0) is 17.0. The molecule has 0 spiro atoms. The Morgan fingerprint density at radius 2 is 1.96 bits per heavy atom. The number of carbonyl (C=O) groups is 2. The molecule has 1 amide bonds. The molecule has 0 bridgehead atoms. The number of nitrogens with zero attached hydrogens (tertiary/aromatic N) is 4. The molecule has 0 aliphatic carbocycles. The molecule has 0 fully saturated rings. The summed E-state index contributed by atoms with van der Waals surface area (Å²) >= 11 is 0. The number of hydrogen-bond donors (Lipinski definition) is 0. The Hall–Kier alpha value is -2.96. The van der Waals surface area contributed by atoms with Gasteiger partial charge in [0.1, 0.15) is 5.70 Å². The molecule has 0 unspecified atom stereocenters. The van der Waals surface area contributed by atoms with Crippen molar-refractivity contribution < 1.29 is 14.3 Å². The van der Waals surface area contributed by atoms with Crippen LogP contribution in [0.15, 0.2) is 52.2 Å². The van der Waals surface area contributed by atoms with E-state index in [9.17, 15) is 9.59 Å². The molecule has 1 aromatic rings. The predicted octanol–water partition coefficient (Wildman–Crippen LogP) is 1.23. The van der Waals surface area contributed by atoms with Crippen LogP contribution in [0.5, 0.6) is 0 Å². The van der Waals surface area contributed by atoms with Gasteiger partial charge in [0, 0.05) is 14.1 Å². The normalized spacial score (nSPS) is 16.6. The maximum absolute atomic E-state index is 12.4. The van der Waals surface area contributed by atoms with Gasteiger partial charge in [0.2, 0.25) is 5.96 Å². The minimum atomic E-state index is -0.638. The van der Waals surface area contributed by atoms with E-state index in [1.807, 2.05) is 30.3 Å². The summed E-state index contributed by atoms with van der Waals surface area (Å²) in [7, 11) is 4.73. The zero-order valence-corrected chi connectivity index (χ0v) is 13.5. The van der Waals surface area contributed by atoms with Crippen LogP contribution >= 0.6 is 0 Å². The van der Waals surface area contributed by atoms with E-state index in [1.54, 1.807) is 25.9 Å². The molecule has 1 aromatic carbocycles. The summed E-state index contributed by atoms with van der Waals surface area (Å²) in [5.74, 6) is -0.782. The first-order valence-corrected chi connectivity index (χ1v) is 6.94. The lowest BCUT2D eigenvalue weighted by Crippen LogP contribution is -2.37. The number of methoxy groups -OCH3 is 1. The summed E-state index contributed by atoms with van der Waals surface area (Å²) in [4.78, 5) is 29.6. The third-order valence-corrected chi connectivity index (χ3v) is 3.12. The number of ether oxygens (including phenoxy) is 1. The molecule has 23 heavy (non-hydrogen) atoms. The van der Waals surface area contributed by atoms with E-state index < -0.39 is 11.9 Å². The average molecular weight is 314 g/mol. The zero-order valence-electron chi connectivity index (χ0n) is 13.5. The van der Waals surface area contributed by atoms with Gasteiger partial charge < -0.3 is 9.64 Å². The molecule has 120 valence electrons. The van der Waals surface area contributed by atoms with Crippen LogP contribution < -0.4 is 0 Å². The van der Waals surface area contributed by atoms with Crippen LogP contribution in [-0.2, 0) is 14.3 Å². The molecule has 0 saturated carbocycles. The highest BCUT2D eigenvalue weighted by Gasteiger charge is 2.32. The Morgan fingerprint density at radius 3 is 2.52 bits per heavy atom. The Bertz CT molecular complexity index is 705. The van der Waals surface area contributed by atoms with Crippen molar-refractivity contribution in [3.63, 3.8) is 0 Å². The van der Waals surface area contributed by atoms with Gasteiger partial charge in [-0.3, -0.25) is 4.79 Å². The number of hydrogen-bond acceptors (Lipinski definition) is 6. The highest BCUT2D eigenvalue weighted by molar-refractivity contribution is 6.14. The molecule has 1 heterocycles. The molecular weight excluding hydrogens is 296 g/mol. The number of aliphatic imine (C=N–C) groups is 1. The minimum Gasteiger partial charge on any atom is -0.466 e. The molecule has 0 N–H and O–H groups in total. The molecule has 1 aliphatic heterocycles. The van der Waals surface area contributed by atoms with Gasteiger partial charge in [0.05, 0.1) is 18.9 Å². The largest absolute Gasteiger partial charge is 0.466 e. The topological polar surface area (TPSA) is 74.6 Å². The maximum Gasteiger partial charge on any atom is 0.332 e. The Kier molecular flexibility index (Phi) is 4.90. The van der Waals surface area contributed by atoms with E-state index in [1.165, 1.54) is 12.1 Å². The monoisotopic (exact) mass is 314 g/mol. The lowest BCUT2D eigenvalue weighted by Gasteiger charge is -2.19.